The van der Waals surface area contributed by atoms with Crippen molar-refractivity contribution >= 4 is 64.0 Å². The van der Waals surface area contributed by atoms with Crippen LogP contribution in [0.4, 0.5) is 11.4 Å². The van der Waals surface area contributed by atoms with E-state index in [1.807, 2.05) is 42.5 Å². The van der Waals surface area contributed by atoms with Crippen LogP contribution in [0.1, 0.15) is 30.4 Å². The molecule has 33 heavy (non-hydrogen) atoms. The fourth-order valence-corrected chi connectivity index (χ4v) is 3.55. The van der Waals surface area contributed by atoms with Gasteiger partial charge in [0.15, 0.2) is 5.11 Å². The molecule has 0 saturated carbocycles. The van der Waals surface area contributed by atoms with Gasteiger partial charge in [0.25, 0.3) is 0 Å². The number of carbonyl (C=O) groups is 1. The minimum absolute atomic E-state index is 0.00211. The summed E-state index contributed by atoms with van der Waals surface area (Å²) in [5.74, 6) is 0.00211. The van der Waals surface area contributed by atoms with E-state index in [1.54, 1.807) is 24.4 Å². The number of rotatable bonds is 9. The molecule has 0 saturated heterocycles. The highest BCUT2D eigenvalue weighted by atomic mass is 35.5. The molecule has 3 rings (SSSR count). The molecule has 170 valence electrons. The lowest BCUT2D eigenvalue weighted by molar-refractivity contribution is -0.116. The number of aryl methyl sites for hydroxylation is 1. The molecular formula is C25H24Cl2N4OS. The van der Waals surface area contributed by atoms with Crippen LogP contribution in [0.3, 0.4) is 0 Å². The van der Waals surface area contributed by atoms with E-state index < -0.39 is 0 Å². The third-order valence-corrected chi connectivity index (χ3v) is 5.62. The highest BCUT2D eigenvalue weighted by molar-refractivity contribution is 7.80. The maximum atomic E-state index is 12.3. The number of anilines is 2. The number of halogens is 2. The van der Waals surface area contributed by atoms with E-state index in [2.05, 4.69) is 33.3 Å². The first kappa shape index (κ1) is 24.7. The molecule has 0 aliphatic carbocycles. The van der Waals surface area contributed by atoms with E-state index in [0.717, 1.165) is 30.5 Å². The first-order chi connectivity index (χ1) is 16.0. The number of amides is 1. The van der Waals surface area contributed by atoms with Crippen LogP contribution in [-0.4, -0.2) is 17.2 Å². The molecule has 0 bridgehead atoms. The molecule has 8 heteroatoms. The molecule has 0 spiro atoms. The van der Waals surface area contributed by atoms with Gasteiger partial charge in [-0.05, 0) is 72.9 Å². The van der Waals surface area contributed by atoms with Gasteiger partial charge in [-0.2, -0.15) is 5.10 Å². The Morgan fingerprint density at radius 1 is 0.879 bits per heavy atom. The van der Waals surface area contributed by atoms with Crippen molar-refractivity contribution in [3.8, 4) is 0 Å². The Labute approximate surface area is 209 Å². The normalized spacial score (nSPS) is 10.7. The highest BCUT2D eigenvalue weighted by Gasteiger charge is 2.04. The molecule has 5 nitrogen and oxygen atoms in total. The summed E-state index contributed by atoms with van der Waals surface area (Å²) in [6.07, 6.45) is 4.91. The van der Waals surface area contributed by atoms with Gasteiger partial charge in [-0.25, -0.2) is 0 Å². The van der Waals surface area contributed by atoms with Gasteiger partial charge in [0.1, 0.15) is 0 Å². The second-order valence-corrected chi connectivity index (χ2v) is 8.54. The SMILES string of the molecule is O=C(CCCCc1ccccc1)Nc1cccc(/C=N/NC(=S)Nc2ccc(Cl)c(Cl)c2)c1. The summed E-state index contributed by atoms with van der Waals surface area (Å²) >= 11 is 17.1. The lowest BCUT2D eigenvalue weighted by atomic mass is 10.1. The Morgan fingerprint density at radius 3 is 2.45 bits per heavy atom. The molecule has 0 aliphatic rings. The van der Waals surface area contributed by atoms with E-state index >= 15 is 0 Å². The largest absolute Gasteiger partial charge is 0.331 e. The molecule has 0 aromatic heterocycles. The van der Waals surface area contributed by atoms with Crippen molar-refractivity contribution in [2.75, 3.05) is 10.6 Å². The van der Waals surface area contributed by atoms with Crippen molar-refractivity contribution < 1.29 is 4.79 Å². The number of benzene rings is 3. The third-order valence-electron chi connectivity index (χ3n) is 4.69. The summed E-state index contributed by atoms with van der Waals surface area (Å²) in [5.41, 5.74) is 6.29. The van der Waals surface area contributed by atoms with Gasteiger partial charge >= 0.3 is 0 Å². The smallest absolute Gasteiger partial charge is 0.224 e. The van der Waals surface area contributed by atoms with Gasteiger partial charge < -0.3 is 10.6 Å². The van der Waals surface area contributed by atoms with Gasteiger partial charge in [-0.15, -0.1) is 0 Å². The Hall–Kier alpha value is -2.93. The summed E-state index contributed by atoms with van der Waals surface area (Å²) in [4.78, 5) is 12.3. The lowest BCUT2D eigenvalue weighted by Gasteiger charge is -2.08. The molecule has 0 radical (unpaired) electrons. The molecule has 3 N–H and O–H groups in total. The zero-order valence-electron chi connectivity index (χ0n) is 17.9. The van der Waals surface area contributed by atoms with Crippen molar-refractivity contribution in [2.24, 2.45) is 5.10 Å². The van der Waals surface area contributed by atoms with Crippen LogP contribution in [0.25, 0.3) is 0 Å². The topological polar surface area (TPSA) is 65.5 Å². The fourth-order valence-electron chi connectivity index (χ4n) is 3.08. The minimum atomic E-state index is 0.00211. The van der Waals surface area contributed by atoms with Crippen LogP contribution in [0.15, 0.2) is 77.9 Å². The van der Waals surface area contributed by atoms with E-state index in [-0.39, 0.29) is 5.91 Å². The number of thiocarbonyl (C=S) groups is 1. The van der Waals surface area contributed by atoms with Crippen LogP contribution >= 0.6 is 35.4 Å². The predicted octanol–water partition coefficient (Wildman–Crippen LogP) is 6.67. The lowest BCUT2D eigenvalue weighted by Crippen LogP contribution is -2.23. The Balaban J connectivity index is 1.41. The number of nitrogens with one attached hydrogen (secondary N) is 3. The van der Waals surface area contributed by atoms with Crippen molar-refractivity contribution in [2.45, 2.75) is 25.7 Å². The van der Waals surface area contributed by atoms with Gasteiger partial charge in [0.2, 0.25) is 5.91 Å². The highest BCUT2D eigenvalue weighted by Crippen LogP contribution is 2.24. The van der Waals surface area contributed by atoms with Crippen molar-refractivity contribution in [3.63, 3.8) is 0 Å². The molecule has 0 unspecified atom stereocenters. The molecule has 0 atom stereocenters. The maximum Gasteiger partial charge on any atom is 0.224 e. The molecule has 3 aromatic rings. The summed E-state index contributed by atoms with van der Waals surface area (Å²) in [7, 11) is 0. The van der Waals surface area contributed by atoms with Gasteiger partial charge in [0.05, 0.1) is 16.3 Å². The fraction of sp³-hybridized carbons (Fsp3) is 0.160. The Kier molecular flexibility index (Phi) is 9.69. The summed E-state index contributed by atoms with van der Waals surface area (Å²) in [5, 5.41) is 11.3. The van der Waals surface area contributed by atoms with Crippen molar-refractivity contribution in [1.82, 2.24) is 5.43 Å². The number of unbranched alkanes of at least 4 members (excludes halogenated alkanes) is 1. The van der Waals surface area contributed by atoms with E-state index in [1.165, 1.54) is 5.56 Å². The zero-order chi connectivity index (χ0) is 23.5. The second-order valence-electron chi connectivity index (χ2n) is 7.32. The number of hydrogen-bond acceptors (Lipinski definition) is 3. The molecular weight excluding hydrogens is 475 g/mol. The monoisotopic (exact) mass is 498 g/mol. The van der Waals surface area contributed by atoms with Crippen LogP contribution in [0, 0.1) is 0 Å². The quantitative estimate of drug-likeness (QED) is 0.133. The summed E-state index contributed by atoms with van der Waals surface area (Å²) in [6.45, 7) is 0. The number of hydrogen-bond donors (Lipinski definition) is 3. The molecule has 0 heterocycles. The van der Waals surface area contributed by atoms with E-state index in [4.69, 9.17) is 35.4 Å². The molecule has 0 aliphatic heterocycles. The summed E-state index contributed by atoms with van der Waals surface area (Å²) < 4.78 is 0. The van der Waals surface area contributed by atoms with Gasteiger partial charge in [-0.1, -0.05) is 65.7 Å². The Bertz CT molecular complexity index is 1120. The second kappa shape index (κ2) is 12.9. The van der Waals surface area contributed by atoms with Crippen LogP contribution < -0.4 is 16.1 Å². The third kappa shape index (κ3) is 8.85. The summed E-state index contributed by atoms with van der Waals surface area (Å²) in [6, 6.07) is 22.9. The van der Waals surface area contributed by atoms with Crippen LogP contribution in [-0.2, 0) is 11.2 Å². The first-order valence-electron chi connectivity index (χ1n) is 10.5. The molecule has 0 fully saturated rings. The van der Waals surface area contributed by atoms with Gasteiger partial charge in [0, 0.05) is 17.8 Å². The van der Waals surface area contributed by atoms with Crippen molar-refractivity contribution in [1.29, 1.82) is 0 Å². The minimum Gasteiger partial charge on any atom is -0.331 e. The zero-order valence-corrected chi connectivity index (χ0v) is 20.2. The number of nitrogens with zero attached hydrogens (tertiary/aromatic N) is 1. The van der Waals surface area contributed by atoms with Crippen LogP contribution in [0.2, 0.25) is 10.0 Å². The standard InChI is InChI=1S/C25H24Cl2N4OS/c26-22-14-13-21(16-23(22)27)30-25(33)31-28-17-19-10-6-11-20(15-19)29-24(32)12-5-4-9-18-7-2-1-3-8-18/h1-3,6-8,10-11,13-17H,4-5,9,12H2,(H,29,32)(H2,30,31,33)/b28-17+. The predicted molar refractivity (Wildman–Crippen MR) is 142 cm³/mol. The average molecular weight is 499 g/mol. The number of hydrazone groups is 1. The van der Waals surface area contributed by atoms with E-state index in [9.17, 15) is 4.79 Å². The van der Waals surface area contributed by atoms with Crippen LogP contribution in [0.5, 0.6) is 0 Å². The van der Waals surface area contributed by atoms with Gasteiger partial charge in [-0.3, -0.25) is 10.2 Å². The van der Waals surface area contributed by atoms with E-state index in [0.29, 0.717) is 27.3 Å². The Morgan fingerprint density at radius 2 is 1.67 bits per heavy atom. The van der Waals surface area contributed by atoms with Crippen molar-refractivity contribution in [3.05, 3.63) is 94.0 Å². The number of carbonyl (C=O) groups excluding carboxylic acids is 1. The molecule has 1 amide bonds. The maximum absolute atomic E-state index is 12.3. The average Bonchev–Trinajstić information content (AvgIpc) is 2.80. The molecule has 3 aromatic carbocycles. The first-order valence-corrected chi connectivity index (χ1v) is 11.6.